The van der Waals surface area contributed by atoms with Gasteiger partial charge in [0.05, 0.1) is 3.79 Å². The van der Waals surface area contributed by atoms with Gasteiger partial charge in [0.2, 0.25) is 0 Å². The fraction of sp³-hybridized carbons (Fsp3) is 0.733. The molecule has 0 spiro atoms. The molecular weight excluding hydrogens is 320 g/mol. The Kier molecular flexibility index (Phi) is 4.96. The van der Waals surface area contributed by atoms with Crippen LogP contribution < -0.4 is 5.32 Å². The fourth-order valence-electron chi connectivity index (χ4n) is 3.61. The highest BCUT2D eigenvalue weighted by atomic mass is 79.9. The first kappa shape index (κ1) is 14.1. The highest BCUT2D eigenvalue weighted by Gasteiger charge is 2.31. The molecule has 2 heterocycles. The zero-order chi connectivity index (χ0) is 13.1. The Labute approximate surface area is 128 Å². The average molecular weight is 343 g/mol. The van der Waals surface area contributed by atoms with Crippen molar-refractivity contribution >= 4 is 27.3 Å². The normalized spacial score (nSPS) is 24.5. The number of halogens is 1. The lowest BCUT2D eigenvalue weighted by Gasteiger charge is -2.40. The van der Waals surface area contributed by atoms with Gasteiger partial charge in [-0.2, -0.15) is 0 Å². The van der Waals surface area contributed by atoms with E-state index in [1.165, 1.54) is 49.0 Å². The maximum atomic E-state index is 3.64. The van der Waals surface area contributed by atoms with Gasteiger partial charge in [0.15, 0.2) is 0 Å². The van der Waals surface area contributed by atoms with Crippen LogP contribution in [0.3, 0.4) is 0 Å². The first-order valence-corrected chi connectivity index (χ1v) is 9.15. The third-order valence-electron chi connectivity index (χ3n) is 4.53. The Bertz CT molecular complexity index is 377. The largest absolute Gasteiger partial charge is 0.314 e. The molecule has 1 saturated carbocycles. The summed E-state index contributed by atoms with van der Waals surface area (Å²) in [5.41, 5.74) is 0. The summed E-state index contributed by atoms with van der Waals surface area (Å²) < 4.78 is 1.28. The number of hydrogen-bond acceptors (Lipinski definition) is 3. The Hall–Kier alpha value is 0.1000. The van der Waals surface area contributed by atoms with Crippen LogP contribution in [0, 0.1) is 5.92 Å². The smallest absolute Gasteiger partial charge is 0.0701 e. The highest BCUT2D eigenvalue weighted by Crippen LogP contribution is 2.41. The van der Waals surface area contributed by atoms with E-state index in [2.05, 4.69) is 38.3 Å². The van der Waals surface area contributed by atoms with E-state index in [-0.39, 0.29) is 0 Å². The van der Waals surface area contributed by atoms with Crippen molar-refractivity contribution in [3.05, 3.63) is 20.8 Å². The Morgan fingerprint density at radius 3 is 2.53 bits per heavy atom. The Morgan fingerprint density at radius 1 is 1.16 bits per heavy atom. The second-order valence-electron chi connectivity index (χ2n) is 5.77. The van der Waals surface area contributed by atoms with Crippen molar-refractivity contribution in [1.29, 1.82) is 0 Å². The van der Waals surface area contributed by atoms with Crippen molar-refractivity contribution in [3.63, 3.8) is 0 Å². The first-order valence-electron chi connectivity index (χ1n) is 7.54. The second-order valence-corrected chi connectivity index (χ2v) is 8.27. The van der Waals surface area contributed by atoms with Crippen LogP contribution in [0.1, 0.15) is 43.0 Å². The molecule has 0 aromatic carbocycles. The zero-order valence-corrected chi connectivity index (χ0v) is 13.8. The second kappa shape index (κ2) is 6.70. The van der Waals surface area contributed by atoms with Crippen LogP contribution in [0.4, 0.5) is 0 Å². The number of piperazine rings is 1. The van der Waals surface area contributed by atoms with Crippen LogP contribution in [0.15, 0.2) is 15.9 Å². The third kappa shape index (κ3) is 3.41. The standard InChI is InChI=1S/C15H23BrN2S/c16-14-7-6-13(19-14)15(12-4-2-1-3-5-12)18-10-8-17-9-11-18/h6-7,12,15,17H,1-5,8-11H2/t15-/m1/s1. The van der Waals surface area contributed by atoms with Gasteiger partial charge in [-0.15, -0.1) is 11.3 Å². The van der Waals surface area contributed by atoms with Crippen LogP contribution in [0.5, 0.6) is 0 Å². The van der Waals surface area contributed by atoms with Gasteiger partial charge in [0, 0.05) is 37.1 Å². The van der Waals surface area contributed by atoms with E-state index >= 15 is 0 Å². The fourth-order valence-corrected chi connectivity index (χ4v) is 5.26. The molecule has 0 amide bonds. The molecule has 4 heteroatoms. The number of nitrogens with zero attached hydrogens (tertiary/aromatic N) is 1. The molecule has 106 valence electrons. The van der Waals surface area contributed by atoms with Crippen LogP contribution in [-0.4, -0.2) is 31.1 Å². The van der Waals surface area contributed by atoms with Crippen molar-refractivity contribution in [1.82, 2.24) is 10.2 Å². The van der Waals surface area contributed by atoms with E-state index in [0.29, 0.717) is 6.04 Å². The van der Waals surface area contributed by atoms with Crippen molar-refractivity contribution in [3.8, 4) is 0 Å². The lowest BCUT2D eigenvalue weighted by atomic mass is 9.82. The van der Waals surface area contributed by atoms with Crippen molar-refractivity contribution < 1.29 is 0 Å². The van der Waals surface area contributed by atoms with E-state index in [9.17, 15) is 0 Å². The molecule has 1 aliphatic carbocycles. The van der Waals surface area contributed by atoms with E-state index in [1.807, 2.05) is 11.3 Å². The molecular formula is C15H23BrN2S. The number of hydrogen-bond donors (Lipinski definition) is 1. The third-order valence-corrected chi connectivity index (χ3v) is 6.22. The SMILES string of the molecule is Brc1ccc([C@@H](C2CCCCC2)N2CCNCC2)s1. The van der Waals surface area contributed by atoms with E-state index in [1.54, 1.807) is 4.88 Å². The van der Waals surface area contributed by atoms with Crippen LogP contribution in [-0.2, 0) is 0 Å². The molecule has 1 aliphatic heterocycles. The number of thiophene rings is 1. The molecule has 2 nitrogen and oxygen atoms in total. The van der Waals surface area contributed by atoms with Crippen LogP contribution >= 0.6 is 27.3 Å². The molecule has 1 aromatic heterocycles. The van der Waals surface area contributed by atoms with Crippen molar-refractivity contribution in [2.24, 2.45) is 5.92 Å². The summed E-state index contributed by atoms with van der Waals surface area (Å²) in [4.78, 5) is 4.30. The highest BCUT2D eigenvalue weighted by molar-refractivity contribution is 9.11. The molecule has 1 N–H and O–H groups in total. The molecule has 19 heavy (non-hydrogen) atoms. The van der Waals surface area contributed by atoms with Gasteiger partial charge in [-0.25, -0.2) is 0 Å². The van der Waals surface area contributed by atoms with E-state index in [0.717, 1.165) is 19.0 Å². The summed E-state index contributed by atoms with van der Waals surface area (Å²) in [7, 11) is 0. The predicted molar refractivity (Wildman–Crippen MR) is 85.8 cm³/mol. The van der Waals surface area contributed by atoms with Crippen molar-refractivity contribution in [2.75, 3.05) is 26.2 Å². The maximum absolute atomic E-state index is 3.64. The lowest BCUT2D eigenvalue weighted by molar-refractivity contribution is 0.106. The minimum atomic E-state index is 0.665. The summed E-state index contributed by atoms with van der Waals surface area (Å²) in [6, 6.07) is 5.23. The summed E-state index contributed by atoms with van der Waals surface area (Å²) in [6.45, 7) is 4.71. The molecule has 0 unspecified atom stereocenters. The van der Waals surface area contributed by atoms with Crippen molar-refractivity contribution in [2.45, 2.75) is 38.1 Å². The number of nitrogens with one attached hydrogen (secondary N) is 1. The molecule has 1 aromatic rings. The Balaban J connectivity index is 1.81. The molecule has 1 saturated heterocycles. The van der Waals surface area contributed by atoms with Gasteiger partial charge in [-0.1, -0.05) is 19.3 Å². The van der Waals surface area contributed by atoms with E-state index in [4.69, 9.17) is 0 Å². The van der Waals surface area contributed by atoms with Gasteiger partial charge in [0.1, 0.15) is 0 Å². The number of rotatable bonds is 3. The summed E-state index contributed by atoms with van der Waals surface area (Å²) in [6.07, 6.45) is 7.15. The summed E-state index contributed by atoms with van der Waals surface area (Å²) in [5.74, 6) is 0.873. The molecule has 2 fully saturated rings. The Morgan fingerprint density at radius 2 is 1.89 bits per heavy atom. The monoisotopic (exact) mass is 342 g/mol. The quantitative estimate of drug-likeness (QED) is 0.891. The van der Waals surface area contributed by atoms with E-state index < -0.39 is 0 Å². The molecule has 3 rings (SSSR count). The maximum Gasteiger partial charge on any atom is 0.0701 e. The summed E-state index contributed by atoms with van der Waals surface area (Å²) in [5, 5.41) is 3.48. The van der Waals surface area contributed by atoms with Gasteiger partial charge in [-0.05, 0) is 46.8 Å². The minimum Gasteiger partial charge on any atom is -0.314 e. The molecule has 0 radical (unpaired) electrons. The average Bonchev–Trinajstić information content (AvgIpc) is 2.88. The zero-order valence-electron chi connectivity index (χ0n) is 11.4. The molecule has 2 aliphatic rings. The van der Waals surface area contributed by atoms with Gasteiger partial charge < -0.3 is 5.32 Å². The minimum absolute atomic E-state index is 0.665. The van der Waals surface area contributed by atoms with Gasteiger partial charge >= 0.3 is 0 Å². The lowest BCUT2D eigenvalue weighted by Crippen LogP contribution is -2.47. The van der Waals surface area contributed by atoms with Crippen LogP contribution in [0.2, 0.25) is 0 Å². The first-order chi connectivity index (χ1) is 9.34. The molecule has 0 bridgehead atoms. The summed E-state index contributed by atoms with van der Waals surface area (Å²) >= 11 is 5.57. The van der Waals surface area contributed by atoms with Gasteiger partial charge in [0.25, 0.3) is 0 Å². The molecule has 1 atom stereocenters. The topological polar surface area (TPSA) is 15.3 Å². The van der Waals surface area contributed by atoms with Crippen LogP contribution in [0.25, 0.3) is 0 Å². The predicted octanol–water partition coefficient (Wildman–Crippen LogP) is 4.04. The van der Waals surface area contributed by atoms with Gasteiger partial charge in [-0.3, -0.25) is 4.90 Å².